The summed E-state index contributed by atoms with van der Waals surface area (Å²) in [7, 11) is 0. The van der Waals surface area contributed by atoms with Gasteiger partial charge in [0.05, 0.1) is 16.5 Å². The zero-order valence-corrected chi connectivity index (χ0v) is 19.8. The number of aryl methyl sites for hydroxylation is 1. The largest absolute Gasteiger partial charge is 0.351 e. The average Bonchev–Trinajstić information content (AvgIpc) is 3.46. The number of aromatic nitrogens is 2. The minimum Gasteiger partial charge on any atom is -0.351 e. The third-order valence-electron chi connectivity index (χ3n) is 5.35. The van der Waals surface area contributed by atoms with Crippen LogP contribution in [0.3, 0.4) is 0 Å². The molecule has 1 aliphatic rings. The summed E-state index contributed by atoms with van der Waals surface area (Å²) in [5, 5.41) is 11.0. The van der Waals surface area contributed by atoms with Crippen LogP contribution in [0.2, 0.25) is 5.02 Å². The standard InChI is InChI=1S/C24H19ClN4OS2/c1-14-5-3-6-18(13-14)29-15(2)20(23-27-22(28-30-23)19-7-4-12-32-19)21(26-24(29)31)16-8-10-17(25)11-9-16/h3-13,21H,1-2H3,(H,26,31). The van der Waals surface area contributed by atoms with E-state index in [9.17, 15) is 0 Å². The molecule has 4 aromatic rings. The molecule has 0 radical (unpaired) electrons. The van der Waals surface area contributed by atoms with Gasteiger partial charge in [0.2, 0.25) is 5.82 Å². The van der Waals surface area contributed by atoms with Crippen molar-refractivity contribution in [3.63, 3.8) is 0 Å². The first-order valence-corrected chi connectivity index (χ1v) is 11.7. The van der Waals surface area contributed by atoms with Crippen LogP contribution >= 0.6 is 35.2 Å². The van der Waals surface area contributed by atoms with Crippen molar-refractivity contribution in [2.24, 2.45) is 0 Å². The number of anilines is 1. The van der Waals surface area contributed by atoms with Gasteiger partial charge in [0.1, 0.15) is 0 Å². The Balaban J connectivity index is 1.67. The number of benzene rings is 2. The fourth-order valence-corrected chi connectivity index (χ4v) is 4.98. The van der Waals surface area contributed by atoms with Crippen LogP contribution in [0.4, 0.5) is 5.69 Å². The molecule has 1 aliphatic heterocycles. The Labute approximate surface area is 200 Å². The topological polar surface area (TPSA) is 54.2 Å². The first kappa shape index (κ1) is 20.9. The molecule has 2 aromatic carbocycles. The van der Waals surface area contributed by atoms with E-state index in [0.717, 1.165) is 33.0 Å². The van der Waals surface area contributed by atoms with Crippen molar-refractivity contribution in [1.82, 2.24) is 15.5 Å². The molecule has 2 aromatic heterocycles. The minimum absolute atomic E-state index is 0.252. The van der Waals surface area contributed by atoms with Gasteiger partial charge in [-0.1, -0.05) is 47.1 Å². The first-order chi connectivity index (χ1) is 15.5. The van der Waals surface area contributed by atoms with Gasteiger partial charge in [0.25, 0.3) is 5.89 Å². The van der Waals surface area contributed by atoms with Crippen LogP contribution in [0.5, 0.6) is 0 Å². The molecule has 1 N–H and O–H groups in total. The number of thiophene rings is 1. The van der Waals surface area contributed by atoms with Crippen LogP contribution < -0.4 is 10.2 Å². The quantitative estimate of drug-likeness (QED) is 0.332. The lowest BCUT2D eigenvalue weighted by Crippen LogP contribution is -2.46. The highest BCUT2D eigenvalue weighted by atomic mass is 35.5. The van der Waals surface area contributed by atoms with Gasteiger partial charge in [0, 0.05) is 16.4 Å². The number of allylic oxidation sites excluding steroid dienone is 1. The van der Waals surface area contributed by atoms with Crippen molar-refractivity contribution in [3.8, 4) is 10.7 Å². The Hall–Kier alpha value is -3.00. The smallest absolute Gasteiger partial charge is 0.258 e. The number of rotatable bonds is 4. The average molecular weight is 479 g/mol. The van der Waals surface area contributed by atoms with Gasteiger partial charge in [-0.25, -0.2) is 0 Å². The van der Waals surface area contributed by atoms with Crippen molar-refractivity contribution < 1.29 is 4.52 Å². The maximum absolute atomic E-state index is 6.13. The lowest BCUT2D eigenvalue weighted by molar-refractivity contribution is 0.404. The summed E-state index contributed by atoms with van der Waals surface area (Å²) in [4.78, 5) is 7.70. The maximum atomic E-state index is 6.13. The zero-order valence-electron chi connectivity index (χ0n) is 17.4. The van der Waals surface area contributed by atoms with Gasteiger partial charge in [-0.2, -0.15) is 4.98 Å². The van der Waals surface area contributed by atoms with E-state index in [4.69, 9.17) is 33.3 Å². The van der Waals surface area contributed by atoms with Gasteiger partial charge < -0.3 is 9.84 Å². The minimum atomic E-state index is -0.252. The summed E-state index contributed by atoms with van der Waals surface area (Å²) < 4.78 is 5.77. The van der Waals surface area contributed by atoms with Gasteiger partial charge in [-0.15, -0.1) is 11.3 Å². The highest BCUT2D eigenvalue weighted by Crippen LogP contribution is 2.39. The first-order valence-electron chi connectivity index (χ1n) is 10.0. The number of nitrogens with one attached hydrogen (secondary N) is 1. The summed E-state index contributed by atoms with van der Waals surface area (Å²) in [6, 6.07) is 19.6. The highest BCUT2D eigenvalue weighted by Gasteiger charge is 2.34. The molecule has 0 saturated heterocycles. The zero-order chi connectivity index (χ0) is 22.2. The van der Waals surface area contributed by atoms with Crippen molar-refractivity contribution in [2.45, 2.75) is 19.9 Å². The van der Waals surface area contributed by atoms with Gasteiger partial charge in [0.15, 0.2) is 5.11 Å². The fraction of sp³-hybridized carbons (Fsp3) is 0.125. The lowest BCUT2D eigenvalue weighted by Gasteiger charge is -2.37. The molecular formula is C24H19ClN4OS2. The predicted octanol–water partition coefficient (Wildman–Crippen LogP) is 6.63. The number of hydrogen-bond donors (Lipinski definition) is 1. The summed E-state index contributed by atoms with van der Waals surface area (Å²) in [5.41, 5.74) is 4.94. The van der Waals surface area contributed by atoms with E-state index in [-0.39, 0.29) is 6.04 Å². The van der Waals surface area contributed by atoms with E-state index in [1.54, 1.807) is 11.3 Å². The monoisotopic (exact) mass is 478 g/mol. The molecular weight excluding hydrogens is 460 g/mol. The molecule has 160 valence electrons. The molecule has 0 fully saturated rings. The predicted molar refractivity (Wildman–Crippen MR) is 134 cm³/mol. The van der Waals surface area contributed by atoms with E-state index in [0.29, 0.717) is 21.9 Å². The molecule has 0 saturated carbocycles. The van der Waals surface area contributed by atoms with Crippen LogP contribution in [-0.2, 0) is 0 Å². The Morgan fingerprint density at radius 1 is 1.09 bits per heavy atom. The summed E-state index contributed by atoms with van der Waals surface area (Å²) in [6.45, 7) is 4.09. The normalized spacial score (nSPS) is 16.4. The summed E-state index contributed by atoms with van der Waals surface area (Å²) in [5.74, 6) is 1.03. The second-order valence-corrected chi connectivity index (χ2v) is 9.28. The van der Waals surface area contributed by atoms with E-state index in [1.807, 2.05) is 65.7 Å². The fourth-order valence-electron chi connectivity index (χ4n) is 3.84. The number of thiocarbonyl (C=S) groups is 1. The third kappa shape index (κ3) is 3.83. The van der Waals surface area contributed by atoms with Crippen LogP contribution in [0.1, 0.15) is 30.0 Å². The van der Waals surface area contributed by atoms with E-state index >= 15 is 0 Å². The molecule has 0 aliphatic carbocycles. The van der Waals surface area contributed by atoms with Crippen LogP contribution in [0.25, 0.3) is 16.3 Å². The second-order valence-electron chi connectivity index (χ2n) is 7.51. The van der Waals surface area contributed by atoms with Crippen molar-refractivity contribution in [1.29, 1.82) is 0 Å². The Kier molecular flexibility index (Phi) is 5.55. The molecule has 0 bridgehead atoms. The van der Waals surface area contributed by atoms with Crippen LogP contribution in [0.15, 0.2) is 76.3 Å². The summed E-state index contributed by atoms with van der Waals surface area (Å²) in [6.07, 6.45) is 0. The van der Waals surface area contributed by atoms with Crippen molar-refractivity contribution >= 4 is 51.5 Å². The molecule has 0 amide bonds. The van der Waals surface area contributed by atoms with Crippen molar-refractivity contribution in [3.05, 3.63) is 93.8 Å². The Morgan fingerprint density at radius 3 is 2.62 bits per heavy atom. The Bertz CT molecular complexity index is 1310. The lowest BCUT2D eigenvalue weighted by atomic mass is 9.94. The Morgan fingerprint density at radius 2 is 1.91 bits per heavy atom. The molecule has 32 heavy (non-hydrogen) atoms. The summed E-state index contributed by atoms with van der Waals surface area (Å²) >= 11 is 13.5. The molecule has 5 nitrogen and oxygen atoms in total. The number of hydrogen-bond acceptors (Lipinski definition) is 5. The van der Waals surface area contributed by atoms with Crippen LogP contribution in [0, 0.1) is 6.92 Å². The van der Waals surface area contributed by atoms with E-state index < -0.39 is 0 Å². The van der Waals surface area contributed by atoms with Gasteiger partial charge in [-0.3, -0.25) is 4.90 Å². The van der Waals surface area contributed by atoms with E-state index in [1.165, 1.54) is 0 Å². The SMILES string of the molecule is CC1=C(c2nc(-c3cccs3)no2)C(c2ccc(Cl)cc2)NC(=S)N1c1cccc(C)c1. The third-order valence-corrected chi connectivity index (χ3v) is 6.76. The van der Waals surface area contributed by atoms with Crippen LogP contribution in [-0.4, -0.2) is 15.3 Å². The molecule has 5 rings (SSSR count). The molecule has 8 heteroatoms. The number of nitrogens with zero attached hydrogens (tertiary/aromatic N) is 3. The highest BCUT2D eigenvalue weighted by molar-refractivity contribution is 7.80. The van der Waals surface area contributed by atoms with E-state index in [2.05, 4.69) is 29.5 Å². The number of halogens is 1. The molecule has 1 unspecified atom stereocenters. The van der Waals surface area contributed by atoms with Gasteiger partial charge >= 0.3 is 0 Å². The van der Waals surface area contributed by atoms with Crippen molar-refractivity contribution in [2.75, 3.05) is 4.90 Å². The molecule has 3 heterocycles. The molecule has 0 spiro atoms. The molecule has 1 atom stereocenters. The van der Waals surface area contributed by atoms with Gasteiger partial charge in [-0.05, 0) is 72.9 Å². The maximum Gasteiger partial charge on any atom is 0.258 e. The second kappa shape index (κ2) is 8.50.